The van der Waals surface area contributed by atoms with E-state index in [0.29, 0.717) is 30.0 Å². The Bertz CT molecular complexity index is 1180. The van der Waals surface area contributed by atoms with Crippen LogP contribution >= 0.6 is 0 Å². The number of hydrogen-bond acceptors (Lipinski definition) is 6. The number of rotatable bonds is 8. The van der Waals surface area contributed by atoms with Crippen molar-refractivity contribution in [2.75, 3.05) is 26.2 Å². The highest BCUT2D eigenvalue weighted by atomic mass is 16.5. The molecule has 34 heavy (non-hydrogen) atoms. The van der Waals surface area contributed by atoms with E-state index in [0.717, 1.165) is 42.6 Å². The van der Waals surface area contributed by atoms with E-state index in [1.165, 1.54) is 6.07 Å². The minimum Gasteiger partial charge on any atom is -0.489 e. The van der Waals surface area contributed by atoms with Gasteiger partial charge in [-0.3, -0.25) is 9.69 Å². The largest absolute Gasteiger partial charge is 0.489 e. The maximum Gasteiger partial charge on any atom is 0.336 e. The zero-order valence-electron chi connectivity index (χ0n) is 20.0. The summed E-state index contributed by atoms with van der Waals surface area (Å²) >= 11 is 0. The third kappa shape index (κ3) is 6.24. The van der Waals surface area contributed by atoms with Gasteiger partial charge in [0.1, 0.15) is 17.9 Å². The van der Waals surface area contributed by atoms with Crippen LogP contribution in [0.2, 0.25) is 0 Å². The predicted molar refractivity (Wildman–Crippen MR) is 131 cm³/mol. The lowest BCUT2D eigenvalue weighted by atomic mass is 10.1. The summed E-state index contributed by atoms with van der Waals surface area (Å²) in [6.07, 6.45) is 1.42. The molecule has 2 atom stereocenters. The molecule has 2 heterocycles. The summed E-state index contributed by atoms with van der Waals surface area (Å²) in [5, 5.41) is 3.89. The molecular formula is C27H32N2O5. The molecule has 0 bridgehead atoms. The molecule has 0 radical (unpaired) electrons. The van der Waals surface area contributed by atoms with Crippen molar-refractivity contribution in [2.24, 2.45) is 0 Å². The lowest BCUT2D eigenvalue weighted by molar-refractivity contribution is -0.0679. The summed E-state index contributed by atoms with van der Waals surface area (Å²) in [6.45, 7) is 9.89. The van der Waals surface area contributed by atoms with Crippen molar-refractivity contribution in [2.45, 2.75) is 46.0 Å². The average Bonchev–Trinajstić information content (AvgIpc) is 2.80. The highest BCUT2D eigenvalue weighted by molar-refractivity contribution is 5.94. The second kappa shape index (κ2) is 10.8. The Morgan fingerprint density at radius 3 is 2.56 bits per heavy atom. The summed E-state index contributed by atoms with van der Waals surface area (Å²) < 4.78 is 16.9. The molecule has 7 nitrogen and oxygen atoms in total. The van der Waals surface area contributed by atoms with Crippen molar-refractivity contribution in [3.05, 3.63) is 75.6 Å². The number of aryl methyl sites for hydroxylation is 1. The third-order valence-electron chi connectivity index (χ3n) is 5.98. The molecule has 0 aliphatic carbocycles. The van der Waals surface area contributed by atoms with Gasteiger partial charge >= 0.3 is 5.63 Å². The number of hydrogen-bond donors (Lipinski definition) is 1. The molecule has 7 heteroatoms. The lowest BCUT2D eigenvalue weighted by Crippen LogP contribution is -2.46. The standard InChI is InChI=1S/C27H32N2O5/c1-18-13-26(30)34-25-14-23(9-10-24(18)25)32-17-21-5-7-22(8-6-21)27(31)28-11-4-12-29-15-19(2)33-20(3)16-29/h5-10,13-14,19-20H,4,11-12,15-17H2,1-3H3,(H,28,31). The van der Waals surface area contributed by atoms with E-state index in [1.54, 1.807) is 6.07 Å². The Hall–Kier alpha value is -3.16. The van der Waals surface area contributed by atoms with Crippen LogP contribution in [0.15, 0.2) is 57.7 Å². The quantitative estimate of drug-likeness (QED) is 0.402. The summed E-state index contributed by atoms with van der Waals surface area (Å²) in [5.41, 5.74) is 2.57. The van der Waals surface area contributed by atoms with Crippen LogP contribution in [0.25, 0.3) is 11.0 Å². The number of morpholine rings is 1. The van der Waals surface area contributed by atoms with Gasteiger partial charge in [-0.05, 0) is 62.6 Å². The number of fused-ring (bicyclic) bond motifs is 1. The second-order valence-electron chi connectivity index (χ2n) is 9.02. The van der Waals surface area contributed by atoms with Gasteiger partial charge in [0, 0.05) is 49.3 Å². The molecule has 2 aromatic carbocycles. The highest BCUT2D eigenvalue weighted by Gasteiger charge is 2.21. The van der Waals surface area contributed by atoms with Gasteiger partial charge in [0.15, 0.2) is 0 Å². The van der Waals surface area contributed by atoms with E-state index in [4.69, 9.17) is 13.9 Å². The SMILES string of the molecule is Cc1cc(=O)oc2cc(OCc3ccc(C(=O)NCCCN4CC(C)OC(C)C4)cc3)ccc12. The van der Waals surface area contributed by atoms with Crippen LogP contribution in [-0.2, 0) is 11.3 Å². The molecule has 0 saturated carbocycles. The van der Waals surface area contributed by atoms with Gasteiger partial charge in [0.05, 0.1) is 12.2 Å². The maximum atomic E-state index is 12.5. The van der Waals surface area contributed by atoms with Crippen LogP contribution in [0.1, 0.15) is 41.8 Å². The lowest BCUT2D eigenvalue weighted by Gasteiger charge is -2.35. The Kier molecular flexibility index (Phi) is 7.65. The normalized spacial score (nSPS) is 18.7. The minimum atomic E-state index is -0.374. The van der Waals surface area contributed by atoms with Crippen molar-refractivity contribution in [1.82, 2.24) is 10.2 Å². The van der Waals surface area contributed by atoms with Crippen LogP contribution in [0.5, 0.6) is 5.75 Å². The number of amides is 1. The van der Waals surface area contributed by atoms with Gasteiger partial charge in [-0.1, -0.05) is 12.1 Å². The van der Waals surface area contributed by atoms with Crippen molar-refractivity contribution in [3.8, 4) is 5.75 Å². The zero-order chi connectivity index (χ0) is 24.1. The van der Waals surface area contributed by atoms with Crippen molar-refractivity contribution in [3.63, 3.8) is 0 Å². The number of carbonyl (C=O) groups excluding carboxylic acids is 1. The molecule has 1 aliphatic heterocycles. The predicted octanol–water partition coefficient (Wildman–Crippen LogP) is 3.91. The second-order valence-corrected chi connectivity index (χ2v) is 9.02. The van der Waals surface area contributed by atoms with E-state index in [9.17, 15) is 9.59 Å². The van der Waals surface area contributed by atoms with E-state index < -0.39 is 0 Å². The average molecular weight is 465 g/mol. The molecular weight excluding hydrogens is 432 g/mol. The van der Waals surface area contributed by atoms with Gasteiger partial charge in [-0.15, -0.1) is 0 Å². The molecule has 1 fully saturated rings. The number of nitrogens with one attached hydrogen (secondary N) is 1. The van der Waals surface area contributed by atoms with Crippen molar-refractivity contribution in [1.29, 1.82) is 0 Å². The molecule has 4 rings (SSSR count). The number of benzene rings is 2. The molecule has 2 unspecified atom stereocenters. The molecule has 1 saturated heterocycles. The Morgan fingerprint density at radius 1 is 1.09 bits per heavy atom. The minimum absolute atomic E-state index is 0.0730. The van der Waals surface area contributed by atoms with Crippen LogP contribution < -0.4 is 15.7 Å². The molecule has 1 aliphatic rings. The first-order valence-corrected chi connectivity index (χ1v) is 11.8. The highest BCUT2D eigenvalue weighted by Crippen LogP contribution is 2.23. The van der Waals surface area contributed by atoms with Crippen LogP contribution in [-0.4, -0.2) is 49.2 Å². The van der Waals surface area contributed by atoms with E-state index in [2.05, 4.69) is 24.1 Å². The van der Waals surface area contributed by atoms with Crippen molar-refractivity contribution >= 4 is 16.9 Å². The number of ether oxygens (including phenoxy) is 2. The summed E-state index contributed by atoms with van der Waals surface area (Å²) in [6, 6.07) is 14.3. The summed E-state index contributed by atoms with van der Waals surface area (Å²) in [5.74, 6) is 0.545. The van der Waals surface area contributed by atoms with Gasteiger partial charge in [0.25, 0.3) is 5.91 Å². The van der Waals surface area contributed by atoms with Crippen molar-refractivity contribution < 1.29 is 18.7 Å². The summed E-state index contributed by atoms with van der Waals surface area (Å²) in [7, 11) is 0. The van der Waals surface area contributed by atoms with Gasteiger partial charge in [-0.25, -0.2) is 4.79 Å². The van der Waals surface area contributed by atoms with E-state index >= 15 is 0 Å². The Labute approximate surface area is 199 Å². The Morgan fingerprint density at radius 2 is 1.82 bits per heavy atom. The van der Waals surface area contributed by atoms with Crippen LogP contribution in [0.3, 0.4) is 0 Å². The molecule has 1 aromatic heterocycles. The van der Waals surface area contributed by atoms with Gasteiger partial charge < -0.3 is 19.2 Å². The summed E-state index contributed by atoms with van der Waals surface area (Å²) in [4.78, 5) is 26.5. The molecule has 3 aromatic rings. The van der Waals surface area contributed by atoms with Gasteiger partial charge in [-0.2, -0.15) is 0 Å². The van der Waals surface area contributed by atoms with Crippen LogP contribution in [0, 0.1) is 6.92 Å². The molecule has 0 spiro atoms. The smallest absolute Gasteiger partial charge is 0.336 e. The fourth-order valence-electron chi connectivity index (χ4n) is 4.39. The van der Waals surface area contributed by atoms with E-state index in [-0.39, 0.29) is 23.7 Å². The number of nitrogens with zero attached hydrogens (tertiary/aromatic N) is 1. The van der Waals surface area contributed by atoms with Crippen LogP contribution in [0.4, 0.5) is 0 Å². The first kappa shape index (κ1) is 24.0. The van der Waals surface area contributed by atoms with Gasteiger partial charge in [0.2, 0.25) is 0 Å². The first-order valence-electron chi connectivity index (χ1n) is 11.8. The molecule has 180 valence electrons. The number of carbonyl (C=O) groups is 1. The van der Waals surface area contributed by atoms with E-state index in [1.807, 2.05) is 43.3 Å². The maximum absolute atomic E-state index is 12.5. The third-order valence-corrected chi connectivity index (χ3v) is 5.98. The zero-order valence-corrected chi connectivity index (χ0v) is 20.0. The topological polar surface area (TPSA) is 81.0 Å². The monoisotopic (exact) mass is 464 g/mol. The first-order chi connectivity index (χ1) is 16.4. The molecule has 1 N–H and O–H groups in total. The fraction of sp³-hybridized carbons (Fsp3) is 0.407. The molecule has 1 amide bonds. The Balaban J connectivity index is 1.24. The fourth-order valence-corrected chi connectivity index (χ4v) is 4.39.